The predicted octanol–water partition coefficient (Wildman–Crippen LogP) is 0.595. The van der Waals surface area contributed by atoms with Crippen LogP contribution in [0.25, 0.3) is 0 Å². The van der Waals surface area contributed by atoms with Gasteiger partial charge < -0.3 is 25.8 Å². The molecule has 7 heteroatoms. The second-order valence-corrected chi connectivity index (χ2v) is 5.33. The number of carbonyl (C=O) groups excluding carboxylic acids is 1. The summed E-state index contributed by atoms with van der Waals surface area (Å²) in [4.78, 5) is 11.3. The van der Waals surface area contributed by atoms with Crippen molar-refractivity contribution in [2.75, 3.05) is 26.2 Å². The first-order chi connectivity index (χ1) is 11.0. The fraction of sp³-hybridized carbons (Fsp3) is 0.500. The summed E-state index contributed by atoms with van der Waals surface area (Å²) in [6.45, 7) is 5.20. The molecule has 23 heavy (non-hydrogen) atoms. The number of aliphatic hydroxyl groups excluding tert-OH is 1. The molecule has 7 nitrogen and oxygen atoms in total. The van der Waals surface area contributed by atoms with Crippen molar-refractivity contribution >= 4 is 6.03 Å². The van der Waals surface area contributed by atoms with Gasteiger partial charge in [-0.3, -0.25) is 0 Å². The molecule has 2 amide bonds. The average Bonchev–Trinajstić information content (AvgIpc) is 2.52. The van der Waals surface area contributed by atoms with Gasteiger partial charge in [0.25, 0.3) is 0 Å². The number of hydrogen-bond acceptors (Lipinski definition) is 5. The molecule has 0 bridgehead atoms. The summed E-state index contributed by atoms with van der Waals surface area (Å²) in [6.07, 6.45) is -0.703. The van der Waals surface area contributed by atoms with Crippen LogP contribution in [0.5, 0.6) is 5.75 Å². The van der Waals surface area contributed by atoms with Gasteiger partial charge in [-0.15, -0.1) is 0 Å². The van der Waals surface area contributed by atoms with Gasteiger partial charge in [0.1, 0.15) is 24.5 Å². The molecule has 0 aliphatic heterocycles. The van der Waals surface area contributed by atoms with Crippen molar-refractivity contribution < 1.29 is 14.6 Å². The third-order valence-electron chi connectivity index (χ3n) is 2.83. The van der Waals surface area contributed by atoms with E-state index in [4.69, 9.17) is 10.00 Å². The molecule has 1 aromatic rings. The molecule has 0 heterocycles. The zero-order chi connectivity index (χ0) is 17.1. The van der Waals surface area contributed by atoms with E-state index in [0.717, 1.165) is 0 Å². The SMILES string of the molecule is CC(C)NC(=O)NCCNCC(O)COc1ccccc1C#N. The van der Waals surface area contributed by atoms with Crippen LogP contribution in [0.15, 0.2) is 24.3 Å². The number of nitrogens with zero attached hydrogens (tertiary/aromatic N) is 1. The standard InChI is InChI=1S/C16H24N4O3/c1-12(2)20-16(22)19-8-7-18-10-14(21)11-23-15-6-4-3-5-13(15)9-17/h3-6,12,14,18,21H,7-8,10-11H2,1-2H3,(H2,19,20,22). The summed E-state index contributed by atoms with van der Waals surface area (Å²) in [5.41, 5.74) is 0.438. The molecule has 1 rings (SSSR count). The maximum Gasteiger partial charge on any atom is 0.315 e. The Bertz CT molecular complexity index is 528. The van der Waals surface area contributed by atoms with Crippen LogP contribution in [-0.4, -0.2) is 49.5 Å². The minimum Gasteiger partial charge on any atom is -0.489 e. The number of amides is 2. The highest BCUT2D eigenvalue weighted by atomic mass is 16.5. The minimum atomic E-state index is -0.703. The van der Waals surface area contributed by atoms with E-state index >= 15 is 0 Å². The first-order valence-corrected chi connectivity index (χ1v) is 7.58. The highest BCUT2D eigenvalue weighted by molar-refractivity contribution is 5.74. The van der Waals surface area contributed by atoms with E-state index in [-0.39, 0.29) is 18.7 Å². The summed E-state index contributed by atoms with van der Waals surface area (Å²) in [5, 5.41) is 27.2. The van der Waals surface area contributed by atoms with E-state index in [1.54, 1.807) is 24.3 Å². The largest absolute Gasteiger partial charge is 0.489 e. The highest BCUT2D eigenvalue weighted by Gasteiger charge is 2.07. The highest BCUT2D eigenvalue weighted by Crippen LogP contribution is 2.16. The van der Waals surface area contributed by atoms with Gasteiger partial charge >= 0.3 is 6.03 Å². The molecule has 0 aliphatic carbocycles. The van der Waals surface area contributed by atoms with Crippen molar-refractivity contribution in [3.63, 3.8) is 0 Å². The van der Waals surface area contributed by atoms with Crippen LogP contribution >= 0.6 is 0 Å². The molecule has 0 aromatic heterocycles. The lowest BCUT2D eigenvalue weighted by atomic mass is 10.2. The lowest BCUT2D eigenvalue weighted by Crippen LogP contribution is -2.43. The number of nitriles is 1. The molecule has 0 saturated carbocycles. The molecule has 1 aromatic carbocycles. The number of para-hydroxylation sites is 1. The molecule has 126 valence electrons. The Kier molecular flexibility index (Phi) is 8.50. The lowest BCUT2D eigenvalue weighted by molar-refractivity contribution is 0.106. The molecule has 1 atom stereocenters. The second kappa shape index (κ2) is 10.4. The maximum absolute atomic E-state index is 11.3. The van der Waals surface area contributed by atoms with E-state index in [9.17, 15) is 9.90 Å². The van der Waals surface area contributed by atoms with Gasteiger partial charge in [0.2, 0.25) is 0 Å². The monoisotopic (exact) mass is 320 g/mol. The van der Waals surface area contributed by atoms with Crippen LogP contribution in [0.3, 0.4) is 0 Å². The molecule has 0 radical (unpaired) electrons. The average molecular weight is 320 g/mol. The van der Waals surface area contributed by atoms with Gasteiger partial charge in [-0.1, -0.05) is 12.1 Å². The lowest BCUT2D eigenvalue weighted by Gasteiger charge is -2.14. The zero-order valence-electron chi connectivity index (χ0n) is 13.5. The van der Waals surface area contributed by atoms with Crippen molar-refractivity contribution in [3.05, 3.63) is 29.8 Å². The van der Waals surface area contributed by atoms with Crippen LogP contribution < -0.4 is 20.7 Å². The predicted molar refractivity (Wildman–Crippen MR) is 87.2 cm³/mol. The zero-order valence-corrected chi connectivity index (χ0v) is 13.5. The fourth-order valence-corrected chi connectivity index (χ4v) is 1.78. The van der Waals surface area contributed by atoms with Gasteiger partial charge in [0.05, 0.1) is 5.56 Å². The molecular formula is C16H24N4O3. The van der Waals surface area contributed by atoms with Crippen LogP contribution in [0, 0.1) is 11.3 Å². The summed E-state index contributed by atoms with van der Waals surface area (Å²) in [6, 6.07) is 8.80. The summed E-state index contributed by atoms with van der Waals surface area (Å²) < 4.78 is 5.44. The summed E-state index contributed by atoms with van der Waals surface area (Å²) in [5.74, 6) is 0.459. The molecular weight excluding hydrogens is 296 g/mol. The molecule has 1 unspecified atom stereocenters. The molecule has 4 N–H and O–H groups in total. The Morgan fingerprint density at radius 1 is 1.35 bits per heavy atom. The number of rotatable bonds is 9. The number of ether oxygens (including phenoxy) is 1. The van der Waals surface area contributed by atoms with Crippen molar-refractivity contribution in [2.24, 2.45) is 0 Å². The fourth-order valence-electron chi connectivity index (χ4n) is 1.78. The van der Waals surface area contributed by atoms with E-state index in [0.29, 0.717) is 30.9 Å². The summed E-state index contributed by atoms with van der Waals surface area (Å²) >= 11 is 0. The Morgan fingerprint density at radius 3 is 2.78 bits per heavy atom. The van der Waals surface area contributed by atoms with Gasteiger partial charge in [0, 0.05) is 25.7 Å². The third-order valence-corrected chi connectivity index (χ3v) is 2.83. The normalized spacial score (nSPS) is 11.6. The number of aliphatic hydroxyl groups is 1. The number of benzene rings is 1. The third kappa shape index (κ3) is 8.04. The minimum absolute atomic E-state index is 0.0902. The van der Waals surface area contributed by atoms with Crippen molar-refractivity contribution in [3.8, 4) is 11.8 Å². The van der Waals surface area contributed by atoms with Crippen LogP contribution in [0.1, 0.15) is 19.4 Å². The van der Waals surface area contributed by atoms with Crippen LogP contribution in [0.4, 0.5) is 4.79 Å². The number of carbonyl (C=O) groups is 1. The Balaban J connectivity index is 2.14. The van der Waals surface area contributed by atoms with Gasteiger partial charge in [0.15, 0.2) is 0 Å². The van der Waals surface area contributed by atoms with E-state index < -0.39 is 6.10 Å². The Hall–Kier alpha value is -2.30. The number of urea groups is 1. The summed E-state index contributed by atoms with van der Waals surface area (Å²) in [7, 11) is 0. The van der Waals surface area contributed by atoms with Crippen molar-refractivity contribution in [1.29, 1.82) is 5.26 Å². The quantitative estimate of drug-likeness (QED) is 0.498. The van der Waals surface area contributed by atoms with Crippen LogP contribution in [-0.2, 0) is 0 Å². The number of hydrogen-bond donors (Lipinski definition) is 4. The number of nitrogens with one attached hydrogen (secondary N) is 3. The first kappa shape index (κ1) is 18.7. The maximum atomic E-state index is 11.3. The van der Waals surface area contributed by atoms with E-state index in [2.05, 4.69) is 16.0 Å². The van der Waals surface area contributed by atoms with Crippen molar-refractivity contribution in [2.45, 2.75) is 26.0 Å². The Morgan fingerprint density at radius 2 is 2.09 bits per heavy atom. The van der Waals surface area contributed by atoms with Crippen LogP contribution in [0.2, 0.25) is 0 Å². The molecule has 0 spiro atoms. The topological polar surface area (TPSA) is 106 Å². The van der Waals surface area contributed by atoms with Gasteiger partial charge in [-0.25, -0.2) is 4.79 Å². The van der Waals surface area contributed by atoms with Crippen molar-refractivity contribution in [1.82, 2.24) is 16.0 Å². The Labute approximate surface area is 136 Å². The van der Waals surface area contributed by atoms with Gasteiger partial charge in [-0.2, -0.15) is 5.26 Å². The van der Waals surface area contributed by atoms with E-state index in [1.165, 1.54) is 0 Å². The smallest absolute Gasteiger partial charge is 0.315 e. The first-order valence-electron chi connectivity index (χ1n) is 7.58. The van der Waals surface area contributed by atoms with E-state index in [1.807, 2.05) is 19.9 Å². The second-order valence-electron chi connectivity index (χ2n) is 5.33. The molecule has 0 aliphatic rings. The van der Waals surface area contributed by atoms with Gasteiger partial charge in [-0.05, 0) is 26.0 Å². The molecule has 0 fully saturated rings. The molecule has 0 saturated heterocycles.